The van der Waals surface area contributed by atoms with Crippen molar-refractivity contribution in [1.82, 2.24) is 4.98 Å². The zero-order chi connectivity index (χ0) is 19.3. The Morgan fingerprint density at radius 3 is 2.39 bits per heavy atom. The largest absolute Gasteiger partial charge is 0.381 e. The van der Waals surface area contributed by atoms with Crippen LogP contribution >= 0.6 is 0 Å². The van der Waals surface area contributed by atoms with E-state index in [4.69, 9.17) is 0 Å². The summed E-state index contributed by atoms with van der Waals surface area (Å²) >= 11 is 0. The lowest BCUT2D eigenvalue weighted by molar-refractivity contribution is -0.115. The maximum Gasteiger partial charge on any atom is 0.228 e. The van der Waals surface area contributed by atoms with Crippen LogP contribution < -0.4 is 10.6 Å². The summed E-state index contributed by atoms with van der Waals surface area (Å²) in [6.07, 6.45) is 2.25. The lowest BCUT2D eigenvalue weighted by atomic mass is 10.1. The molecule has 4 rings (SSSR count). The second kappa shape index (κ2) is 8.01. The lowest BCUT2D eigenvalue weighted by Crippen LogP contribution is -2.14. The van der Waals surface area contributed by atoms with Gasteiger partial charge in [-0.2, -0.15) is 0 Å². The molecule has 140 valence electrons. The number of aryl methyl sites for hydroxylation is 1. The molecule has 0 bridgehead atoms. The van der Waals surface area contributed by atoms with E-state index in [2.05, 4.69) is 40.7 Å². The minimum absolute atomic E-state index is 0.0228. The molecule has 0 atom stereocenters. The van der Waals surface area contributed by atoms with Crippen LogP contribution in [-0.4, -0.2) is 10.9 Å². The number of anilines is 2. The van der Waals surface area contributed by atoms with Gasteiger partial charge >= 0.3 is 0 Å². The SMILES string of the molecule is Cc1ccccc1CNc1ccc(NC(=O)Cc2c[nH]c3ccccc23)cc1. The highest BCUT2D eigenvalue weighted by atomic mass is 16.1. The Labute approximate surface area is 164 Å². The second-order valence-corrected chi connectivity index (χ2v) is 6.94. The predicted octanol–water partition coefficient (Wildman–Crippen LogP) is 5.27. The summed E-state index contributed by atoms with van der Waals surface area (Å²) in [4.78, 5) is 15.6. The molecule has 0 radical (unpaired) electrons. The fourth-order valence-electron chi connectivity index (χ4n) is 3.33. The number of benzene rings is 3. The van der Waals surface area contributed by atoms with Crippen molar-refractivity contribution in [3.05, 3.63) is 95.7 Å². The number of amides is 1. The van der Waals surface area contributed by atoms with Crippen LogP contribution in [-0.2, 0) is 17.8 Å². The highest BCUT2D eigenvalue weighted by Gasteiger charge is 2.09. The number of aromatic amines is 1. The van der Waals surface area contributed by atoms with E-state index in [1.807, 2.05) is 60.8 Å². The van der Waals surface area contributed by atoms with E-state index in [-0.39, 0.29) is 5.91 Å². The normalized spacial score (nSPS) is 10.8. The fourth-order valence-corrected chi connectivity index (χ4v) is 3.33. The summed E-state index contributed by atoms with van der Waals surface area (Å²) in [5.41, 5.74) is 6.43. The van der Waals surface area contributed by atoms with E-state index in [1.54, 1.807) is 0 Å². The topological polar surface area (TPSA) is 56.9 Å². The van der Waals surface area contributed by atoms with Crippen LogP contribution in [0.5, 0.6) is 0 Å². The number of aromatic nitrogens is 1. The number of carbonyl (C=O) groups is 1. The Hall–Kier alpha value is -3.53. The molecule has 0 saturated carbocycles. The summed E-state index contributed by atoms with van der Waals surface area (Å²) < 4.78 is 0. The minimum Gasteiger partial charge on any atom is -0.381 e. The Morgan fingerprint density at radius 1 is 0.857 bits per heavy atom. The Bertz CT molecular complexity index is 1100. The summed E-state index contributed by atoms with van der Waals surface area (Å²) in [6.45, 7) is 2.89. The fraction of sp³-hybridized carbons (Fsp3) is 0.125. The van der Waals surface area contributed by atoms with Gasteiger partial charge in [0.15, 0.2) is 0 Å². The van der Waals surface area contributed by atoms with Gasteiger partial charge in [0.05, 0.1) is 6.42 Å². The van der Waals surface area contributed by atoms with Crippen molar-refractivity contribution >= 4 is 28.2 Å². The van der Waals surface area contributed by atoms with Gasteiger partial charge in [0, 0.05) is 35.0 Å². The molecule has 0 unspecified atom stereocenters. The van der Waals surface area contributed by atoms with Gasteiger partial charge in [0.25, 0.3) is 0 Å². The van der Waals surface area contributed by atoms with E-state index in [0.717, 1.165) is 34.4 Å². The zero-order valence-corrected chi connectivity index (χ0v) is 15.8. The van der Waals surface area contributed by atoms with Gasteiger partial charge in [-0.1, -0.05) is 42.5 Å². The van der Waals surface area contributed by atoms with Crippen molar-refractivity contribution in [3.63, 3.8) is 0 Å². The molecule has 0 aliphatic heterocycles. The lowest BCUT2D eigenvalue weighted by Gasteiger charge is -2.10. The van der Waals surface area contributed by atoms with E-state index in [0.29, 0.717) is 6.42 Å². The molecule has 4 nitrogen and oxygen atoms in total. The molecule has 3 aromatic carbocycles. The third kappa shape index (κ3) is 4.07. The molecule has 1 heterocycles. The second-order valence-electron chi connectivity index (χ2n) is 6.94. The summed E-state index contributed by atoms with van der Waals surface area (Å²) in [7, 11) is 0. The number of hydrogen-bond donors (Lipinski definition) is 3. The maximum absolute atomic E-state index is 12.4. The van der Waals surface area contributed by atoms with E-state index in [9.17, 15) is 4.79 Å². The van der Waals surface area contributed by atoms with Gasteiger partial charge < -0.3 is 15.6 Å². The first-order valence-electron chi connectivity index (χ1n) is 9.42. The van der Waals surface area contributed by atoms with Crippen molar-refractivity contribution in [2.75, 3.05) is 10.6 Å². The molecule has 28 heavy (non-hydrogen) atoms. The minimum atomic E-state index is -0.0228. The van der Waals surface area contributed by atoms with Crippen molar-refractivity contribution in [3.8, 4) is 0 Å². The summed E-state index contributed by atoms with van der Waals surface area (Å²) in [5, 5.41) is 7.49. The molecule has 1 amide bonds. The Morgan fingerprint density at radius 2 is 1.57 bits per heavy atom. The summed E-state index contributed by atoms with van der Waals surface area (Å²) in [6, 6.07) is 24.2. The standard InChI is InChI=1S/C24H23N3O/c1-17-6-2-3-7-18(17)15-25-20-10-12-21(13-11-20)27-24(28)14-19-16-26-23-9-5-4-8-22(19)23/h2-13,16,25-26H,14-15H2,1H3,(H,27,28). The first-order valence-corrected chi connectivity index (χ1v) is 9.42. The van der Waals surface area contributed by atoms with Gasteiger partial charge in [0.1, 0.15) is 0 Å². The predicted molar refractivity (Wildman–Crippen MR) is 116 cm³/mol. The van der Waals surface area contributed by atoms with Crippen LogP contribution in [0.2, 0.25) is 0 Å². The highest BCUT2D eigenvalue weighted by Crippen LogP contribution is 2.19. The highest BCUT2D eigenvalue weighted by molar-refractivity contribution is 5.95. The van der Waals surface area contributed by atoms with Crippen molar-refractivity contribution in [1.29, 1.82) is 0 Å². The number of fused-ring (bicyclic) bond motifs is 1. The van der Waals surface area contributed by atoms with E-state index < -0.39 is 0 Å². The number of para-hydroxylation sites is 1. The maximum atomic E-state index is 12.4. The molecule has 0 spiro atoms. The van der Waals surface area contributed by atoms with Gasteiger partial charge in [-0.05, 0) is 53.9 Å². The monoisotopic (exact) mass is 369 g/mol. The van der Waals surface area contributed by atoms with Gasteiger partial charge in [-0.25, -0.2) is 0 Å². The number of H-pyrrole nitrogens is 1. The van der Waals surface area contributed by atoms with Crippen LogP contribution in [0.3, 0.4) is 0 Å². The van der Waals surface area contributed by atoms with Crippen LogP contribution in [0.25, 0.3) is 10.9 Å². The van der Waals surface area contributed by atoms with Crippen LogP contribution in [0.15, 0.2) is 79.0 Å². The van der Waals surface area contributed by atoms with Gasteiger partial charge in [-0.15, -0.1) is 0 Å². The first-order chi connectivity index (χ1) is 13.7. The van der Waals surface area contributed by atoms with E-state index in [1.165, 1.54) is 11.1 Å². The van der Waals surface area contributed by atoms with Crippen molar-refractivity contribution < 1.29 is 4.79 Å². The molecule has 0 aliphatic carbocycles. The molecule has 0 fully saturated rings. The third-order valence-electron chi connectivity index (χ3n) is 4.94. The molecule has 3 N–H and O–H groups in total. The molecular weight excluding hydrogens is 346 g/mol. The average molecular weight is 369 g/mol. The number of nitrogens with one attached hydrogen (secondary N) is 3. The van der Waals surface area contributed by atoms with Gasteiger partial charge in [0.2, 0.25) is 5.91 Å². The number of carbonyl (C=O) groups excluding carboxylic acids is 1. The van der Waals surface area contributed by atoms with Crippen molar-refractivity contribution in [2.24, 2.45) is 0 Å². The molecular formula is C24H23N3O. The Kier molecular flexibility index (Phi) is 5.11. The van der Waals surface area contributed by atoms with Gasteiger partial charge in [-0.3, -0.25) is 4.79 Å². The van der Waals surface area contributed by atoms with Crippen LogP contribution in [0.4, 0.5) is 11.4 Å². The quantitative estimate of drug-likeness (QED) is 0.434. The molecule has 0 saturated heterocycles. The molecule has 4 heteroatoms. The van der Waals surface area contributed by atoms with Crippen molar-refractivity contribution in [2.45, 2.75) is 19.9 Å². The number of rotatable bonds is 6. The Balaban J connectivity index is 1.35. The van der Waals surface area contributed by atoms with E-state index >= 15 is 0 Å². The van der Waals surface area contributed by atoms with Crippen LogP contribution in [0, 0.1) is 6.92 Å². The zero-order valence-electron chi connectivity index (χ0n) is 15.8. The molecule has 0 aliphatic rings. The number of hydrogen-bond acceptors (Lipinski definition) is 2. The first kappa shape index (κ1) is 17.9. The molecule has 1 aromatic heterocycles. The summed E-state index contributed by atoms with van der Waals surface area (Å²) in [5.74, 6) is -0.0228. The smallest absolute Gasteiger partial charge is 0.228 e. The molecule has 4 aromatic rings. The van der Waals surface area contributed by atoms with Crippen LogP contribution in [0.1, 0.15) is 16.7 Å². The third-order valence-corrected chi connectivity index (χ3v) is 4.94. The average Bonchev–Trinajstić information content (AvgIpc) is 3.11.